The number of carbonyl (C=O) groups excluding carboxylic acids is 1. The van der Waals surface area contributed by atoms with Gasteiger partial charge in [0.05, 0.1) is 48.2 Å². The lowest BCUT2D eigenvalue weighted by Gasteiger charge is -2.15. The summed E-state index contributed by atoms with van der Waals surface area (Å²) in [6.45, 7) is 1.44. The third-order valence-electron chi connectivity index (χ3n) is 4.95. The normalized spacial score (nSPS) is 15.7. The number of nitrogens with zero attached hydrogens (tertiary/aromatic N) is 3. The van der Waals surface area contributed by atoms with Gasteiger partial charge in [0.1, 0.15) is 11.5 Å². The lowest BCUT2D eigenvalue weighted by atomic mass is 10.2. The molecule has 2 aromatic heterocycles. The molecule has 3 aromatic rings. The first-order valence-corrected chi connectivity index (χ1v) is 12.3. The number of anilines is 1. The summed E-state index contributed by atoms with van der Waals surface area (Å²) in [5.74, 6) is 1.65. The number of rotatable bonds is 9. The zero-order valence-corrected chi connectivity index (χ0v) is 20.1. The molecule has 1 amide bonds. The number of benzene rings is 1. The Morgan fingerprint density at radius 2 is 2.19 bits per heavy atom. The highest BCUT2D eigenvalue weighted by molar-refractivity contribution is 7.99. The summed E-state index contributed by atoms with van der Waals surface area (Å²) in [6.07, 6.45) is 2.19. The highest BCUT2D eigenvalue weighted by Crippen LogP contribution is 2.36. The number of thioether (sulfide) groups is 1. The van der Waals surface area contributed by atoms with Crippen molar-refractivity contribution in [1.29, 1.82) is 0 Å². The van der Waals surface area contributed by atoms with E-state index in [1.54, 1.807) is 23.5 Å². The quantitative estimate of drug-likeness (QED) is 0.435. The van der Waals surface area contributed by atoms with Crippen LogP contribution in [0.3, 0.4) is 0 Å². The maximum atomic E-state index is 12.7. The third-order valence-corrected chi connectivity index (χ3v) is 7.08. The maximum absolute atomic E-state index is 12.7. The van der Waals surface area contributed by atoms with Crippen molar-refractivity contribution in [1.82, 2.24) is 14.8 Å². The average molecular weight is 495 g/mol. The summed E-state index contributed by atoms with van der Waals surface area (Å²) in [5, 5.41) is 14.7. The topological polar surface area (TPSA) is 87.5 Å². The van der Waals surface area contributed by atoms with E-state index in [1.165, 1.54) is 26.0 Å². The minimum atomic E-state index is -0.206. The van der Waals surface area contributed by atoms with Gasteiger partial charge >= 0.3 is 0 Å². The van der Waals surface area contributed by atoms with Crippen molar-refractivity contribution in [2.24, 2.45) is 0 Å². The van der Waals surface area contributed by atoms with Crippen LogP contribution in [0.4, 0.5) is 5.69 Å². The van der Waals surface area contributed by atoms with Crippen LogP contribution in [-0.2, 0) is 16.1 Å². The molecule has 0 spiro atoms. The molecule has 1 atom stereocenters. The van der Waals surface area contributed by atoms with Gasteiger partial charge in [-0.3, -0.25) is 9.36 Å². The molecular formula is C21H23ClN4O4S2. The highest BCUT2D eigenvalue weighted by Gasteiger charge is 2.23. The third kappa shape index (κ3) is 5.20. The van der Waals surface area contributed by atoms with Crippen LogP contribution >= 0.6 is 34.7 Å². The number of thiophene rings is 1. The van der Waals surface area contributed by atoms with Crippen LogP contribution in [0.1, 0.15) is 12.8 Å². The fraction of sp³-hybridized carbons (Fsp3) is 0.381. The molecule has 32 heavy (non-hydrogen) atoms. The average Bonchev–Trinajstić information content (AvgIpc) is 3.56. The number of carbonyl (C=O) groups is 1. The second-order valence-corrected chi connectivity index (χ2v) is 9.35. The number of methoxy groups -OCH3 is 2. The van der Waals surface area contributed by atoms with Gasteiger partial charge in [-0.15, -0.1) is 21.5 Å². The molecule has 1 aliphatic rings. The molecule has 0 saturated carbocycles. The predicted octanol–water partition coefficient (Wildman–Crippen LogP) is 4.59. The first-order valence-electron chi connectivity index (χ1n) is 10.0. The monoisotopic (exact) mass is 494 g/mol. The van der Waals surface area contributed by atoms with Gasteiger partial charge in [0, 0.05) is 18.7 Å². The highest BCUT2D eigenvalue weighted by atomic mass is 35.5. The number of halogens is 1. The molecule has 1 aromatic carbocycles. The van der Waals surface area contributed by atoms with E-state index < -0.39 is 0 Å². The summed E-state index contributed by atoms with van der Waals surface area (Å²) < 4.78 is 18.4. The molecule has 1 aliphatic heterocycles. The molecule has 0 aliphatic carbocycles. The minimum absolute atomic E-state index is 0.128. The Hall–Kier alpha value is -2.27. The summed E-state index contributed by atoms with van der Waals surface area (Å²) in [4.78, 5) is 13.7. The van der Waals surface area contributed by atoms with Crippen LogP contribution in [0.15, 0.2) is 34.8 Å². The van der Waals surface area contributed by atoms with Crippen molar-refractivity contribution in [2.75, 3.05) is 31.9 Å². The molecule has 1 unspecified atom stereocenters. The first kappa shape index (κ1) is 22.9. The second-order valence-electron chi connectivity index (χ2n) is 7.05. The standard InChI is InChI=1S/C21H23ClN4O4S2/c1-28-16-10-15(17(29-2)9-14(16)22)23-19(27)12-32-21-25-24-20(18-6-4-8-31-18)26(21)11-13-5-3-7-30-13/h4,6,8-10,13H,3,5,7,11-12H2,1-2H3,(H,23,27). The van der Waals surface area contributed by atoms with E-state index in [9.17, 15) is 4.79 Å². The fourth-order valence-corrected chi connectivity index (χ4v) is 5.11. The van der Waals surface area contributed by atoms with Crippen LogP contribution in [0.25, 0.3) is 10.7 Å². The largest absolute Gasteiger partial charge is 0.495 e. The number of ether oxygens (including phenoxy) is 3. The Morgan fingerprint density at radius 3 is 2.88 bits per heavy atom. The molecule has 0 bridgehead atoms. The van der Waals surface area contributed by atoms with Crippen molar-refractivity contribution in [3.05, 3.63) is 34.7 Å². The van der Waals surface area contributed by atoms with Gasteiger partial charge in [-0.2, -0.15) is 0 Å². The summed E-state index contributed by atoms with van der Waals surface area (Å²) in [6, 6.07) is 7.24. The zero-order valence-electron chi connectivity index (χ0n) is 17.7. The molecular weight excluding hydrogens is 472 g/mol. The smallest absolute Gasteiger partial charge is 0.234 e. The lowest BCUT2D eigenvalue weighted by Crippen LogP contribution is -2.18. The van der Waals surface area contributed by atoms with E-state index in [1.807, 2.05) is 22.1 Å². The van der Waals surface area contributed by atoms with Gasteiger partial charge < -0.3 is 19.5 Å². The van der Waals surface area contributed by atoms with E-state index in [0.717, 1.165) is 30.2 Å². The molecule has 11 heteroatoms. The van der Waals surface area contributed by atoms with Gasteiger partial charge in [-0.1, -0.05) is 29.4 Å². The zero-order chi connectivity index (χ0) is 22.5. The van der Waals surface area contributed by atoms with Gasteiger partial charge in [-0.05, 0) is 24.3 Å². The van der Waals surface area contributed by atoms with Crippen molar-refractivity contribution in [3.8, 4) is 22.2 Å². The molecule has 1 saturated heterocycles. The van der Waals surface area contributed by atoms with E-state index in [0.29, 0.717) is 33.9 Å². The summed E-state index contributed by atoms with van der Waals surface area (Å²) >= 11 is 9.08. The Morgan fingerprint density at radius 1 is 1.34 bits per heavy atom. The van der Waals surface area contributed by atoms with E-state index in [-0.39, 0.29) is 17.8 Å². The molecule has 1 fully saturated rings. The number of hydrogen-bond donors (Lipinski definition) is 1. The summed E-state index contributed by atoms with van der Waals surface area (Å²) in [7, 11) is 3.03. The number of aromatic nitrogens is 3. The van der Waals surface area contributed by atoms with Crippen molar-refractivity contribution >= 4 is 46.3 Å². The Kier molecular flexibility index (Phi) is 7.56. The Labute approximate surface area is 199 Å². The number of nitrogens with one attached hydrogen (secondary N) is 1. The number of amides is 1. The molecule has 0 radical (unpaired) electrons. The van der Waals surface area contributed by atoms with E-state index >= 15 is 0 Å². The van der Waals surface area contributed by atoms with Crippen LogP contribution < -0.4 is 14.8 Å². The van der Waals surface area contributed by atoms with Gasteiger partial charge in [0.25, 0.3) is 0 Å². The summed E-state index contributed by atoms with van der Waals surface area (Å²) in [5.41, 5.74) is 0.486. The first-order chi connectivity index (χ1) is 15.6. The van der Waals surface area contributed by atoms with Gasteiger partial charge in [0.15, 0.2) is 11.0 Å². The lowest BCUT2D eigenvalue weighted by molar-refractivity contribution is -0.113. The van der Waals surface area contributed by atoms with Crippen molar-refractivity contribution in [3.63, 3.8) is 0 Å². The predicted molar refractivity (Wildman–Crippen MR) is 126 cm³/mol. The molecule has 4 rings (SSSR count). The molecule has 8 nitrogen and oxygen atoms in total. The van der Waals surface area contributed by atoms with Crippen LogP contribution in [-0.4, -0.2) is 53.4 Å². The SMILES string of the molecule is COc1cc(NC(=O)CSc2nnc(-c3cccs3)n2CC2CCCO2)c(OC)cc1Cl. The van der Waals surface area contributed by atoms with E-state index in [4.69, 9.17) is 25.8 Å². The van der Waals surface area contributed by atoms with Crippen LogP contribution in [0.2, 0.25) is 5.02 Å². The van der Waals surface area contributed by atoms with Crippen molar-refractivity contribution in [2.45, 2.75) is 30.6 Å². The van der Waals surface area contributed by atoms with Gasteiger partial charge in [-0.25, -0.2) is 0 Å². The Balaban J connectivity index is 1.48. The van der Waals surface area contributed by atoms with Crippen LogP contribution in [0.5, 0.6) is 11.5 Å². The Bertz CT molecular complexity index is 1070. The van der Waals surface area contributed by atoms with Crippen LogP contribution in [0, 0.1) is 0 Å². The van der Waals surface area contributed by atoms with E-state index in [2.05, 4.69) is 15.5 Å². The number of hydrogen-bond acceptors (Lipinski definition) is 8. The van der Waals surface area contributed by atoms with Gasteiger partial charge in [0.2, 0.25) is 5.91 Å². The minimum Gasteiger partial charge on any atom is -0.495 e. The molecule has 3 heterocycles. The van der Waals surface area contributed by atoms with Crippen molar-refractivity contribution < 1.29 is 19.0 Å². The fourth-order valence-electron chi connectivity index (χ4n) is 3.41. The molecule has 1 N–H and O–H groups in total. The molecule has 170 valence electrons. The second kappa shape index (κ2) is 10.6. The maximum Gasteiger partial charge on any atom is 0.234 e.